The van der Waals surface area contributed by atoms with Crippen LogP contribution in [0.15, 0.2) is 24.3 Å². The van der Waals surface area contributed by atoms with E-state index in [1.54, 1.807) is 0 Å². The second-order valence-electron chi connectivity index (χ2n) is 5.53. The minimum absolute atomic E-state index is 0.150. The molecule has 0 aromatic heterocycles. The van der Waals surface area contributed by atoms with Gasteiger partial charge in [-0.15, -0.1) is 0 Å². The van der Waals surface area contributed by atoms with E-state index in [9.17, 15) is 9.59 Å². The first kappa shape index (κ1) is 14.6. The normalized spacial score (nSPS) is 18.2. The van der Waals surface area contributed by atoms with E-state index < -0.39 is 5.97 Å². The number of carboxylic acid groups (broad SMARTS) is 1. The van der Waals surface area contributed by atoms with Crippen LogP contribution >= 0.6 is 0 Å². The number of benzene rings is 1. The zero-order valence-corrected chi connectivity index (χ0v) is 11.8. The average molecular weight is 275 g/mol. The number of hydrogen-bond donors (Lipinski definition) is 1. The van der Waals surface area contributed by atoms with Crippen molar-refractivity contribution in [3.63, 3.8) is 0 Å². The summed E-state index contributed by atoms with van der Waals surface area (Å²) in [6.07, 6.45) is 2.24. The van der Waals surface area contributed by atoms with Gasteiger partial charge in [0.1, 0.15) is 0 Å². The number of hydrogen-bond acceptors (Lipinski definition) is 2. The predicted octanol–water partition coefficient (Wildman–Crippen LogP) is 2.25. The van der Waals surface area contributed by atoms with Crippen LogP contribution in [0.5, 0.6) is 0 Å². The molecule has 1 aliphatic heterocycles. The van der Waals surface area contributed by atoms with Crippen molar-refractivity contribution in [3.8, 4) is 0 Å². The Morgan fingerprint density at radius 2 is 2.10 bits per heavy atom. The first-order chi connectivity index (χ1) is 9.56. The maximum absolute atomic E-state index is 12.3. The number of rotatable bonds is 5. The van der Waals surface area contributed by atoms with Crippen LogP contribution in [0.4, 0.5) is 0 Å². The van der Waals surface area contributed by atoms with Crippen LogP contribution < -0.4 is 0 Å². The van der Waals surface area contributed by atoms with Gasteiger partial charge < -0.3 is 10.0 Å². The van der Waals surface area contributed by atoms with Crippen molar-refractivity contribution < 1.29 is 14.7 Å². The Morgan fingerprint density at radius 3 is 2.80 bits per heavy atom. The number of aryl methyl sites for hydroxylation is 1. The van der Waals surface area contributed by atoms with E-state index in [0.29, 0.717) is 25.3 Å². The Hall–Kier alpha value is -1.84. The van der Waals surface area contributed by atoms with Crippen LogP contribution in [-0.2, 0) is 16.0 Å². The molecule has 1 fully saturated rings. The van der Waals surface area contributed by atoms with Crippen molar-refractivity contribution in [2.45, 2.75) is 32.6 Å². The van der Waals surface area contributed by atoms with E-state index in [1.165, 1.54) is 0 Å². The second-order valence-corrected chi connectivity index (χ2v) is 5.53. The molecule has 1 N–H and O–H groups in total. The highest BCUT2D eigenvalue weighted by molar-refractivity contribution is 5.79. The van der Waals surface area contributed by atoms with Crippen molar-refractivity contribution in [2.75, 3.05) is 13.1 Å². The van der Waals surface area contributed by atoms with E-state index in [2.05, 4.69) is 0 Å². The van der Waals surface area contributed by atoms with Crippen molar-refractivity contribution in [1.82, 2.24) is 4.90 Å². The van der Waals surface area contributed by atoms with Gasteiger partial charge in [-0.1, -0.05) is 24.3 Å². The minimum atomic E-state index is -0.755. The summed E-state index contributed by atoms with van der Waals surface area (Å²) >= 11 is 0. The van der Waals surface area contributed by atoms with E-state index in [-0.39, 0.29) is 12.3 Å². The van der Waals surface area contributed by atoms with Crippen LogP contribution in [0, 0.1) is 12.8 Å². The smallest absolute Gasteiger partial charge is 0.303 e. The molecule has 1 unspecified atom stereocenters. The lowest BCUT2D eigenvalue weighted by molar-refractivity contribution is -0.137. The molecule has 1 aliphatic rings. The number of amides is 1. The zero-order chi connectivity index (χ0) is 14.5. The number of carboxylic acids is 1. The molecule has 0 spiro atoms. The quantitative estimate of drug-likeness (QED) is 0.896. The molecule has 1 heterocycles. The highest BCUT2D eigenvalue weighted by atomic mass is 16.4. The van der Waals surface area contributed by atoms with Crippen LogP contribution in [0.2, 0.25) is 0 Å². The van der Waals surface area contributed by atoms with E-state index in [4.69, 9.17) is 5.11 Å². The molecular weight excluding hydrogens is 254 g/mol. The molecule has 2 rings (SSSR count). The molecule has 1 atom stereocenters. The summed E-state index contributed by atoms with van der Waals surface area (Å²) < 4.78 is 0. The topological polar surface area (TPSA) is 57.6 Å². The van der Waals surface area contributed by atoms with Gasteiger partial charge in [0.2, 0.25) is 5.91 Å². The standard InChI is InChI=1S/C16H21NO3/c1-12-4-2-3-5-14(12)10-15(18)17-9-8-13(11-17)6-7-16(19)20/h2-5,13H,6-11H2,1H3,(H,19,20). The Balaban J connectivity index is 1.85. The van der Waals surface area contributed by atoms with Gasteiger partial charge in [0.05, 0.1) is 6.42 Å². The maximum Gasteiger partial charge on any atom is 0.303 e. The molecule has 4 nitrogen and oxygen atoms in total. The fraction of sp³-hybridized carbons (Fsp3) is 0.500. The maximum atomic E-state index is 12.3. The number of carbonyl (C=O) groups excluding carboxylic acids is 1. The summed E-state index contributed by atoms with van der Waals surface area (Å²) in [5.41, 5.74) is 2.22. The largest absolute Gasteiger partial charge is 0.481 e. The molecular formula is C16H21NO3. The van der Waals surface area contributed by atoms with Gasteiger partial charge in [0.15, 0.2) is 0 Å². The number of likely N-dealkylation sites (tertiary alicyclic amines) is 1. The number of nitrogens with zero attached hydrogens (tertiary/aromatic N) is 1. The van der Waals surface area contributed by atoms with Crippen molar-refractivity contribution in [3.05, 3.63) is 35.4 Å². The summed E-state index contributed by atoms with van der Waals surface area (Å²) in [6.45, 7) is 3.48. The van der Waals surface area contributed by atoms with Gasteiger partial charge in [-0.2, -0.15) is 0 Å². The number of carbonyl (C=O) groups is 2. The number of aliphatic carboxylic acids is 1. The molecule has 0 aliphatic carbocycles. The first-order valence-corrected chi connectivity index (χ1v) is 7.10. The van der Waals surface area contributed by atoms with Crippen LogP contribution in [0.25, 0.3) is 0 Å². The lowest BCUT2D eigenvalue weighted by atomic mass is 10.0. The van der Waals surface area contributed by atoms with Crippen molar-refractivity contribution in [2.24, 2.45) is 5.92 Å². The van der Waals surface area contributed by atoms with Gasteiger partial charge in [0, 0.05) is 19.5 Å². The summed E-state index contributed by atoms with van der Waals surface area (Å²) in [4.78, 5) is 24.7. The highest BCUT2D eigenvalue weighted by Crippen LogP contribution is 2.22. The van der Waals surface area contributed by atoms with E-state index >= 15 is 0 Å². The monoisotopic (exact) mass is 275 g/mol. The van der Waals surface area contributed by atoms with Gasteiger partial charge in [-0.25, -0.2) is 0 Å². The molecule has 1 aromatic rings. The van der Waals surface area contributed by atoms with Crippen LogP contribution in [0.1, 0.15) is 30.4 Å². The fourth-order valence-corrected chi connectivity index (χ4v) is 2.71. The Labute approximate surface area is 119 Å². The Morgan fingerprint density at radius 1 is 1.35 bits per heavy atom. The summed E-state index contributed by atoms with van der Waals surface area (Å²) in [5, 5.41) is 8.69. The van der Waals surface area contributed by atoms with Crippen molar-refractivity contribution in [1.29, 1.82) is 0 Å². The summed E-state index contributed by atoms with van der Waals surface area (Å²) in [5.74, 6) is -0.265. The summed E-state index contributed by atoms with van der Waals surface area (Å²) in [6, 6.07) is 7.93. The molecule has 1 saturated heterocycles. The Kier molecular flexibility index (Phi) is 4.77. The van der Waals surface area contributed by atoms with E-state index in [1.807, 2.05) is 36.1 Å². The molecule has 20 heavy (non-hydrogen) atoms. The third-order valence-corrected chi connectivity index (χ3v) is 4.01. The van der Waals surface area contributed by atoms with Crippen LogP contribution in [0.3, 0.4) is 0 Å². The SMILES string of the molecule is Cc1ccccc1CC(=O)N1CCC(CCC(=O)O)C1. The van der Waals surface area contributed by atoms with Crippen molar-refractivity contribution >= 4 is 11.9 Å². The minimum Gasteiger partial charge on any atom is -0.481 e. The molecule has 108 valence electrons. The lowest BCUT2D eigenvalue weighted by Gasteiger charge is -2.17. The molecule has 0 radical (unpaired) electrons. The first-order valence-electron chi connectivity index (χ1n) is 7.10. The van der Waals surface area contributed by atoms with Gasteiger partial charge in [0.25, 0.3) is 0 Å². The van der Waals surface area contributed by atoms with Crippen LogP contribution in [-0.4, -0.2) is 35.0 Å². The molecule has 1 amide bonds. The third-order valence-electron chi connectivity index (χ3n) is 4.01. The Bertz CT molecular complexity index is 498. The molecule has 0 saturated carbocycles. The van der Waals surface area contributed by atoms with Gasteiger partial charge >= 0.3 is 5.97 Å². The third kappa shape index (κ3) is 3.83. The fourth-order valence-electron chi connectivity index (χ4n) is 2.71. The van der Waals surface area contributed by atoms with Gasteiger partial charge in [-0.05, 0) is 36.8 Å². The highest BCUT2D eigenvalue weighted by Gasteiger charge is 2.26. The zero-order valence-electron chi connectivity index (χ0n) is 11.8. The van der Waals surface area contributed by atoms with E-state index in [0.717, 1.165) is 24.1 Å². The molecule has 1 aromatic carbocycles. The summed E-state index contributed by atoms with van der Waals surface area (Å²) in [7, 11) is 0. The predicted molar refractivity (Wildman–Crippen MR) is 76.4 cm³/mol. The average Bonchev–Trinajstić information content (AvgIpc) is 2.88. The lowest BCUT2D eigenvalue weighted by Crippen LogP contribution is -2.30. The second kappa shape index (κ2) is 6.55. The molecule has 0 bridgehead atoms. The molecule has 4 heteroatoms. The van der Waals surface area contributed by atoms with Gasteiger partial charge in [-0.3, -0.25) is 9.59 Å².